The van der Waals surface area contributed by atoms with Gasteiger partial charge in [-0.2, -0.15) is 0 Å². The lowest BCUT2D eigenvalue weighted by atomic mass is 10.0. The Bertz CT molecular complexity index is 804. The Morgan fingerprint density at radius 2 is 1.69 bits per heavy atom. The van der Waals surface area contributed by atoms with Gasteiger partial charge in [0.05, 0.1) is 19.1 Å². The van der Waals surface area contributed by atoms with E-state index in [1.165, 1.54) is 0 Å². The summed E-state index contributed by atoms with van der Waals surface area (Å²) in [6.07, 6.45) is 7.35. The fraction of sp³-hybridized carbons (Fsp3) is 0.480. The molecule has 1 N–H and O–H groups in total. The summed E-state index contributed by atoms with van der Waals surface area (Å²) in [7, 11) is 1.56. The van der Waals surface area contributed by atoms with Crippen molar-refractivity contribution in [1.29, 1.82) is 0 Å². The molecule has 1 amide bonds. The quantitative estimate of drug-likeness (QED) is 0.571. The van der Waals surface area contributed by atoms with Gasteiger partial charge in [0.25, 0.3) is 0 Å². The number of ether oxygens (including phenoxy) is 3. The van der Waals surface area contributed by atoms with Gasteiger partial charge in [0, 0.05) is 31.8 Å². The number of hydrogen-bond donors (Lipinski definition) is 1. The van der Waals surface area contributed by atoms with Gasteiger partial charge in [0.2, 0.25) is 5.91 Å². The van der Waals surface area contributed by atoms with Crippen LogP contribution in [0.25, 0.3) is 0 Å². The second-order valence-electron chi connectivity index (χ2n) is 8.00. The van der Waals surface area contributed by atoms with E-state index in [-0.39, 0.29) is 55.9 Å². The van der Waals surface area contributed by atoms with Crippen LogP contribution in [-0.2, 0) is 35.0 Å². The average Bonchev–Trinajstić information content (AvgIpc) is 2.77. The predicted octanol–water partition coefficient (Wildman–Crippen LogP) is 2.99. The van der Waals surface area contributed by atoms with Gasteiger partial charge in [-0.1, -0.05) is 68.5 Å². The Morgan fingerprint density at radius 1 is 0.969 bits per heavy atom. The summed E-state index contributed by atoms with van der Waals surface area (Å²) in [5.74, 6) is -1.28. The molecule has 7 heteroatoms. The Balaban J connectivity index is 2.15. The summed E-state index contributed by atoms with van der Waals surface area (Å²) in [5, 5.41) is 2.80. The second-order valence-corrected chi connectivity index (χ2v) is 8.00. The number of amides is 1. The van der Waals surface area contributed by atoms with E-state index in [4.69, 9.17) is 14.2 Å². The summed E-state index contributed by atoms with van der Waals surface area (Å²) in [4.78, 5) is 37.2. The van der Waals surface area contributed by atoms with Gasteiger partial charge in [-0.05, 0) is 5.56 Å². The van der Waals surface area contributed by atoms with Gasteiger partial charge in [0.15, 0.2) is 0 Å². The maximum atomic E-state index is 12.7. The van der Waals surface area contributed by atoms with Crippen molar-refractivity contribution in [3.05, 3.63) is 60.2 Å². The first-order chi connectivity index (χ1) is 15.4. The van der Waals surface area contributed by atoms with Crippen molar-refractivity contribution >= 4 is 17.8 Å². The van der Waals surface area contributed by atoms with Gasteiger partial charge in [-0.15, -0.1) is 0 Å². The molecule has 0 unspecified atom stereocenters. The Labute approximate surface area is 189 Å². The minimum absolute atomic E-state index is 0.0693. The molecule has 1 aliphatic heterocycles. The summed E-state index contributed by atoms with van der Waals surface area (Å²) in [6.45, 7) is 4.08. The van der Waals surface area contributed by atoms with Crippen LogP contribution in [0.4, 0.5) is 0 Å². The highest BCUT2D eigenvalue weighted by atomic mass is 16.6. The molecule has 0 fully saturated rings. The van der Waals surface area contributed by atoms with Crippen LogP contribution in [0, 0.1) is 11.8 Å². The van der Waals surface area contributed by atoms with Crippen LogP contribution in [0.15, 0.2) is 54.6 Å². The summed E-state index contributed by atoms with van der Waals surface area (Å²) >= 11 is 0. The van der Waals surface area contributed by atoms with Crippen molar-refractivity contribution in [2.45, 2.75) is 45.3 Å². The molecule has 0 radical (unpaired) electrons. The van der Waals surface area contributed by atoms with Crippen LogP contribution < -0.4 is 5.32 Å². The number of carbonyl (C=O) groups excluding carboxylic acids is 3. The fourth-order valence-electron chi connectivity index (χ4n) is 3.24. The summed E-state index contributed by atoms with van der Waals surface area (Å²) in [5.41, 5.74) is 0.926. The maximum Gasteiger partial charge on any atom is 0.329 e. The molecule has 0 saturated carbocycles. The summed E-state index contributed by atoms with van der Waals surface area (Å²) < 4.78 is 16.2. The van der Waals surface area contributed by atoms with Crippen molar-refractivity contribution in [1.82, 2.24) is 5.32 Å². The molecule has 0 aromatic heterocycles. The molecule has 4 atom stereocenters. The number of nitrogens with one attached hydrogen (secondary N) is 1. The molecule has 7 nitrogen and oxygen atoms in total. The molecule has 2 rings (SSSR count). The molecule has 1 heterocycles. The topological polar surface area (TPSA) is 90.9 Å². The lowest BCUT2D eigenvalue weighted by molar-refractivity contribution is -0.149. The van der Waals surface area contributed by atoms with Crippen LogP contribution in [0.5, 0.6) is 0 Å². The molecular weight excluding hydrogens is 410 g/mol. The molecule has 0 aliphatic carbocycles. The molecular formula is C25H33NO6. The third kappa shape index (κ3) is 9.06. The molecule has 1 aromatic carbocycles. The van der Waals surface area contributed by atoms with Gasteiger partial charge in [-0.3, -0.25) is 9.59 Å². The predicted molar refractivity (Wildman–Crippen MR) is 121 cm³/mol. The van der Waals surface area contributed by atoms with Crippen molar-refractivity contribution < 1.29 is 28.6 Å². The van der Waals surface area contributed by atoms with E-state index < -0.39 is 12.0 Å². The van der Waals surface area contributed by atoms with Crippen LogP contribution >= 0.6 is 0 Å². The second kappa shape index (κ2) is 13.5. The first kappa shape index (κ1) is 25.3. The van der Waals surface area contributed by atoms with Crippen molar-refractivity contribution in [2.75, 3.05) is 20.3 Å². The molecule has 0 saturated heterocycles. The first-order valence-corrected chi connectivity index (χ1v) is 10.9. The molecule has 1 aliphatic rings. The van der Waals surface area contributed by atoms with Gasteiger partial charge >= 0.3 is 11.9 Å². The van der Waals surface area contributed by atoms with E-state index in [0.717, 1.165) is 5.56 Å². The van der Waals surface area contributed by atoms with E-state index >= 15 is 0 Å². The van der Waals surface area contributed by atoms with E-state index in [0.29, 0.717) is 6.42 Å². The van der Waals surface area contributed by atoms with Crippen molar-refractivity contribution in [3.8, 4) is 0 Å². The van der Waals surface area contributed by atoms with E-state index in [2.05, 4.69) is 5.32 Å². The van der Waals surface area contributed by atoms with Crippen molar-refractivity contribution in [2.24, 2.45) is 11.8 Å². The van der Waals surface area contributed by atoms with E-state index in [1.54, 1.807) is 19.3 Å². The van der Waals surface area contributed by atoms with E-state index in [9.17, 15) is 14.4 Å². The highest BCUT2D eigenvalue weighted by Crippen LogP contribution is 2.12. The normalized spacial score (nSPS) is 26.4. The Kier molecular flexibility index (Phi) is 10.7. The smallest absolute Gasteiger partial charge is 0.329 e. The molecule has 174 valence electrons. The molecule has 0 bridgehead atoms. The van der Waals surface area contributed by atoms with Crippen LogP contribution in [0.2, 0.25) is 0 Å². The molecule has 1 aromatic rings. The molecule has 32 heavy (non-hydrogen) atoms. The SMILES string of the molecule is CO[C@@H]1COC(=O)CC=C[C@H](C)COC(=O)[C@H](Cc2ccccc2)NC(=O)CC=C[C@H]1C. The molecule has 0 spiro atoms. The Morgan fingerprint density at radius 3 is 2.41 bits per heavy atom. The highest BCUT2D eigenvalue weighted by molar-refractivity contribution is 5.85. The minimum atomic E-state index is -0.785. The van der Waals surface area contributed by atoms with Crippen molar-refractivity contribution in [3.63, 3.8) is 0 Å². The number of carbonyl (C=O) groups is 3. The highest BCUT2D eigenvalue weighted by Gasteiger charge is 2.23. The van der Waals surface area contributed by atoms with Gasteiger partial charge in [0.1, 0.15) is 12.6 Å². The van der Waals surface area contributed by atoms with Gasteiger partial charge in [-0.25, -0.2) is 4.79 Å². The minimum Gasteiger partial charge on any atom is -0.464 e. The first-order valence-electron chi connectivity index (χ1n) is 10.9. The third-order valence-corrected chi connectivity index (χ3v) is 5.18. The average molecular weight is 444 g/mol. The van der Waals surface area contributed by atoms with Crippen LogP contribution in [0.3, 0.4) is 0 Å². The number of rotatable bonds is 3. The number of hydrogen-bond acceptors (Lipinski definition) is 6. The number of esters is 2. The zero-order valence-corrected chi connectivity index (χ0v) is 19.0. The zero-order valence-electron chi connectivity index (χ0n) is 19.0. The van der Waals surface area contributed by atoms with Crippen LogP contribution in [0.1, 0.15) is 32.3 Å². The Hall–Kier alpha value is -2.93. The zero-order chi connectivity index (χ0) is 23.3. The largest absolute Gasteiger partial charge is 0.464 e. The number of methoxy groups -OCH3 is 1. The monoisotopic (exact) mass is 443 g/mol. The third-order valence-electron chi connectivity index (χ3n) is 5.18. The lowest BCUT2D eigenvalue weighted by Gasteiger charge is -2.20. The van der Waals surface area contributed by atoms with E-state index in [1.807, 2.05) is 56.3 Å². The number of benzene rings is 1. The number of cyclic esters (lactones) is 2. The summed E-state index contributed by atoms with van der Waals surface area (Å²) in [6, 6.07) is 8.69. The maximum absolute atomic E-state index is 12.7. The lowest BCUT2D eigenvalue weighted by Crippen LogP contribution is -2.43. The van der Waals surface area contributed by atoms with Crippen LogP contribution in [-0.4, -0.2) is 50.3 Å². The van der Waals surface area contributed by atoms with Gasteiger partial charge < -0.3 is 19.5 Å². The fourth-order valence-corrected chi connectivity index (χ4v) is 3.24. The standard InChI is InChI=1S/C25H33NO6/c1-18-9-7-14-24(28)31-17-22(30-3)19(2)10-8-13-23(27)26-21(25(29)32-16-18)15-20-11-5-4-6-12-20/h4-12,18-19,21-22H,13-17H2,1-3H3,(H,26,27)/t18-,19+,21-,22+/m0/s1.